The fraction of sp³-hybridized carbons (Fsp3) is 0.467. The van der Waals surface area contributed by atoms with Gasteiger partial charge in [0.2, 0.25) is 0 Å². The zero-order chi connectivity index (χ0) is 12.5. The highest BCUT2D eigenvalue weighted by Crippen LogP contribution is 2.33. The summed E-state index contributed by atoms with van der Waals surface area (Å²) in [5.74, 6) is 0.412. The van der Waals surface area contributed by atoms with Crippen molar-refractivity contribution in [1.29, 1.82) is 0 Å². The molecule has 2 atom stereocenters. The van der Waals surface area contributed by atoms with Gasteiger partial charge in [0.25, 0.3) is 0 Å². The Morgan fingerprint density at radius 2 is 2.33 bits per heavy atom. The Morgan fingerprint density at radius 3 is 3.17 bits per heavy atom. The molecule has 3 heteroatoms. The predicted molar refractivity (Wildman–Crippen MR) is 70.8 cm³/mol. The zero-order valence-electron chi connectivity index (χ0n) is 10.5. The number of nitrogens with zero attached hydrogens (tertiary/aromatic N) is 1. The molecule has 1 N–H and O–H groups in total. The number of phenols is 1. The Labute approximate surface area is 108 Å². The van der Waals surface area contributed by atoms with Gasteiger partial charge in [-0.2, -0.15) is 0 Å². The number of morpholine rings is 1. The van der Waals surface area contributed by atoms with E-state index in [2.05, 4.69) is 17.5 Å². The third kappa shape index (κ3) is 1.93. The SMILES string of the molecule is C=CCN1CCO[C@@H]2Cc3c(O)cccc3CC21. The summed E-state index contributed by atoms with van der Waals surface area (Å²) in [5.41, 5.74) is 2.33. The Bertz CT molecular complexity index is 458. The van der Waals surface area contributed by atoms with Gasteiger partial charge in [-0.1, -0.05) is 18.2 Å². The molecule has 2 aliphatic rings. The molecule has 1 unspecified atom stereocenters. The van der Waals surface area contributed by atoms with Crippen LogP contribution in [0.1, 0.15) is 11.1 Å². The molecule has 1 aliphatic heterocycles. The van der Waals surface area contributed by atoms with E-state index in [1.165, 1.54) is 5.56 Å². The molecule has 18 heavy (non-hydrogen) atoms. The summed E-state index contributed by atoms with van der Waals surface area (Å²) >= 11 is 0. The van der Waals surface area contributed by atoms with Gasteiger partial charge >= 0.3 is 0 Å². The van der Waals surface area contributed by atoms with Crippen LogP contribution in [0.3, 0.4) is 0 Å². The molecule has 3 nitrogen and oxygen atoms in total. The molecule has 0 bridgehead atoms. The van der Waals surface area contributed by atoms with Crippen molar-refractivity contribution in [2.45, 2.75) is 25.0 Å². The topological polar surface area (TPSA) is 32.7 Å². The van der Waals surface area contributed by atoms with E-state index in [0.29, 0.717) is 11.8 Å². The Hall–Kier alpha value is -1.32. The number of fused-ring (bicyclic) bond motifs is 2. The summed E-state index contributed by atoms with van der Waals surface area (Å²) in [5, 5.41) is 9.93. The van der Waals surface area contributed by atoms with Gasteiger partial charge in [0.05, 0.1) is 12.7 Å². The second kappa shape index (κ2) is 4.75. The molecular formula is C15H19NO2. The van der Waals surface area contributed by atoms with Crippen LogP contribution in [0.25, 0.3) is 0 Å². The minimum absolute atomic E-state index is 0.208. The number of phenolic OH excluding ortho intramolecular Hbond substituents is 1. The van der Waals surface area contributed by atoms with Gasteiger partial charge in [0, 0.05) is 25.6 Å². The summed E-state index contributed by atoms with van der Waals surface area (Å²) in [6, 6.07) is 6.23. The summed E-state index contributed by atoms with van der Waals surface area (Å²) in [6.07, 6.45) is 3.95. The highest BCUT2D eigenvalue weighted by molar-refractivity contribution is 5.42. The van der Waals surface area contributed by atoms with Crippen molar-refractivity contribution < 1.29 is 9.84 Å². The van der Waals surface area contributed by atoms with Crippen LogP contribution in [-0.2, 0) is 17.6 Å². The Kier molecular flexibility index (Phi) is 3.10. The van der Waals surface area contributed by atoms with Crippen LogP contribution in [0.15, 0.2) is 30.9 Å². The molecule has 1 fully saturated rings. The smallest absolute Gasteiger partial charge is 0.119 e. The van der Waals surface area contributed by atoms with Crippen molar-refractivity contribution in [3.8, 4) is 5.75 Å². The van der Waals surface area contributed by atoms with E-state index in [4.69, 9.17) is 4.74 Å². The van der Waals surface area contributed by atoms with Crippen LogP contribution in [-0.4, -0.2) is 41.8 Å². The molecule has 0 aromatic heterocycles. The van der Waals surface area contributed by atoms with E-state index in [9.17, 15) is 5.11 Å². The van der Waals surface area contributed by atoms with Crippen LogP contribution < -0.4 is 0 Å². The first-order valence-electron chi connectivity index (χ1n) is 6.56. The third-order valence-corrected chi connectivity index (χ3v) is 4.05. The molecular weight excluding hydrogens is 226 g/mol. The first kappa shape index (κ1) is 11.8. The van der Waals surface area contributed by atoms with Crippen molar-refractivity contribution >= 4 is 0 Å². The first-order valence-corrected chi connectivity index (χ1v) is 6.56. The average molecular weight is 245 g/mol. The van der Waals surface area contributed by atoms with Gasteiger partial charge in [-0.25, -0.2) is 0 Å². The minimum atomic E-state index is 0.208. The third-order valence-electron chi connectivity index (χ3n) is 4.05. The predicted octanol–water partition coefficient (Wildman–Crippen LogP) is 1.75. The van der Waals surface area contributed by atoms with Crippen LogP contribution in [0.4, 0.5) is 0 Å². The first-order chi connectivity index (χ1) is 8.79. The van der Waals surface area contributed by atoms with Gasteiger partial charge < -0.3 is 9.84 Å². The highest BCUT2D eigenvalue weighted by atomic mass is 16.5. The summed E-state index contributed by atoms with van der Waals surface area (Å²) in [4.78, 5) is 2.44. The molecule has 1 saturated heterocycles. The number of benzene rings is 1. The molecule has 1 aliphatic carbocycles. The van der Waals surface area contributed by atoms with E-state index >= 15 is 0 Å². The van der Waals surface area contributed by atoms with Crippen molar-refractivity contribution in [3.05, 3.63) is 42.0 Å². The van der Waals surface area contributed by atoms with Gasteiger partial charge in [0.15, 0.2) is 0 Å². The maximum absolute atomic E-state index is 9.93. The van der Waals surface area contributed by atoms with Crippen LogP contribution in [0.2, 0.25) is 0 Å². The molecule has 3 rings (SSSR count). The number of aromatic hydroxyl groups is 1. The lowest BCUT2D eigenvalue weighted by Gasteiger charge is -2.44. The van der Waals surface area contributed by atoms with Gasteiger partial charge in [-0.3, -0.25) is 4.90 Å². The Morgan fingerprint density at radius 1 is 1.44 bits per heavy atom. The van der Waals surface area contributed by atoms with E-state index in [0.717, 1.165) is 38.1 Å². The molecule has 1 heterocycles. The average Bonchev–Trinajstić information content (AvgIpc) is 2.38. The van der Waals surface area contributed by atoms with Gasteiger partial charge in [0.1, 0.15) is 5.75 Å². The largest absolute Gasteiger partial charge is 0.508 e. The lowest BCUT2D eigenvalue weighted by molar-refractivity contribution is -0.0701. The normalized spacial score (nSPS) is 27.3. The maximum atomic E-state index is 9.93. The van der Waals surface area contributed by atoms with Crippen LogP contribution in [0, 0.1) is 0 Å². The van der Waals surface area contributed by atoms with E-state index in [1.807, 2.05) is 12.1 Å². The number of hydrogen-bond acceptors (Lipinski definition) is 3. The fourth-order valence-corrected chi connectivity index (χ4v) is 3.16. The van der Waals surface area contributed by atoms with E-state index in [1.54, 1.807) is 6.07 Å². The monoisotopic (exact) mass is 245 g/mol. The molecule has 0 amide bonds. The fourth-order valence-electron chi connectivity index (χ4n) is 3.16. The zero-order valence-corrected chi connectivity index (χ0v) is 10.5. The van der Waals surface area contributed by atoms with Crippen molar-refractivity contribution in [2.75, 3.05) is 19.7 Å². The van der Waals surface area contributed by atoms with E-state index in [-0.39, 0.29) is 6.10 Å². The standard InChI is InChI=1S/C15H19NO2/c1-2-6-16-7-8-18-15-10-12-11(9-13(15)16)4-3-5-14(12)17/h2-5,13,15,17H,1,6-10H2/t13?,15-/m1/s1. The quantitative estimate of drug-likeness (QED) is 0.806. The molecule has 0 saturated carbocycles. The minimum Gasteiger partial charge on any atom is -0.508 e. The maximum Gasteiger partial charge on any atom is 0.119 e. The van der Waals surface area contributed by atoms with E-state index < -0.39 is 0 Å². The summed E-state index contributed by atoms with van der Waals surface area (Å²) < 4.78 is 5.88. The van der Waals surface area contributed by atoms with Crippen molar-refractivity contribution in [3.63, 3.8) is 0 Å². The van der Waals surface area contributed by atoms with Gasteiger partial charge in [-0.05, 0) is 23.6 Å². The lowest BCUT2D eigenvalue weighted by atomic mass is 9.84. The Balaban J connectivity index is 1.90. The highest BCUT2D eigenvalue weighted by Gasteiger charge is 2.36. The number of ether oxygens (including phenoxy) is 1. The molecule has 0 spiro atoms. The molecule has 0 radical (unpaired) electrons. The number of hydrogen-bond donors (Lipinski definition) is 1. The van der Waals surface area contributed by atoms with Crippen molar-refractivity contribution in [2.24, 2.45) is 0 Å². The summed E-state index contributed by atoms with van der Waals surface area (Å²) in [6.45, 7) is 6.49. The van der Waals surface area contributed by atoms with Crippen LogP contribution in [0.5, 0.6) is 5.75 Å². The molecule has 1 aromatic rings. The lowest BCUT2D eigenvalue weighted by Crippen LogP contribution is -2.54. The molecule has 1 aromatic carbocycles. The van der Waals surface area contributed by atoms with Crippen molar-refractivity contribution in [1.82, 2.24) is 4.90 Å². The van der Waals surface area contributed by atoms with Crippen LogP contribution >= 0.6 is 0 Å². The second-order valence-electron chi connectivity index (χ2n) is 5.08. The number of rotatable bonds is 2. The summed E-state index contributed by atoms with van der Waals surface area (Å²) in [7, 11) is 0. The molecule has 96 valence electrons. The second-order valence-corrected chi connectivity index (χ2v) is 5.08. The van der Waals surface area contributed by atoms with Gasteiger partial charge in [-0.15, -0.1) is 6.58 Å².